The molecule has 0 amide bonds. The second-order valence-electron chi connectivity index (χ2n) is 5.58. The van der Waals surface area contributed by atoms with E-state index >= 15 is 0 Å². The average molecular weight is 377 g/mol. The molecule has 0 aliphatic carbocycles. The monoisotopic (exact) mass is 377 g/mol. The third-order valence-electron chi connectivity index (χ3n) is 3.76. The van der Waals surface area contributed by atoms with Crippen LogP contribution in [0.2, 0.25) is 0 Å². The van der Waals surface area contributed by atoms with Gasteiger partial charge in [0.05, 0.1) is 21.9 Å². The van der Waals surface area contributed by atoms with E-state index in [1.54, 1.807) is 0 Å². The summed E-state index contributed by atoms with van der Waals surface area (Å²) in [5.74, 6) is 0.0622. The van der Waals surface area contributed by atoms with Crippen LogP contribution in [0.5, 0.6) is 0 Å². The molecule has 0 spiro atoms. The first-order valence-electron chi connectivity index (χ1n) is 7.64. The highest BCUT2D eigenvalue weighted by Gasteiger charge is 2.30. The van der Waals surface area contributed by atoms with E-state index in [4.69, 9.17) is 0 Å². The number of nitro benzene ring substituents is 1. The first-order valence-corrected chi connectivity index (χ1v) is 7.64. The van der Waals surface area contributed by atoms with E-state index in [-0.39, 0.29) is 17.2 Å². The zero-order valence-electron chi connectivity index (χ0n) is 13.6. The van der Waals surface area contributed by atoms with Crippen LogP contribution in [0.3, 0.4) is 0 Å². The van der Waals surface area contributed by atoms with Gasteiger partial charge in [-0.25, -0.2) is 14.4 Å². The van der Waals surface area contributed by atoms with Gasteiger partial charge in [-0.05, 0) is 30.3 Å². The summed E-state index contributed by atoms with van der Waals surface area (Å²) in [5, 5.41) is 10.7. The van der Waals surface area contributed by atoms with Crippen molar-refractivity contribution >= 4 is 5.69 Å². The van der Waals surface area contributed by atoms with Gasteiger partial charge in [-0.15, -0.1) is 0 Å². The predicted molar refractivity (Wildman–Crippen MR) is 89.4 cm³/mol. The number of hydrogen-bond acceptors (Lipinski definition) is 4. The number of non-ortho nitro benzene ring substituents is 1. The fourth-order valence-electron chi connectivity index (χ4n) is 2.41. The van der Waals surface area contributed by atoms with Crippen molar-refractivity contribution in [1.29, 1.82) is 0 Å². The topological polar surface area (TPSA) is 68.9 Å². The van der Waals surface area contributed by atoms with E-state index in [0.717, 1.165) is 12.1 Å². The molecule has 138 valence electrons. The molecule has 0 bridgehead atoms. The maximum atomic E-state index is 13.2. The molecule has 0 aliphatic rings. The lowest BCUT2D eigenvalue weighted by atomic mass is 10.1. The van der Waals surface area contributed by atoms with E-state index in [2.05, 4.69) is 9.97 Å². The van der Waals surface area contributed by atoms with Crippen molar-refractivity contribution in [2.24, 2.45) is 0 Å². The third-order valence-corrected chi connectivity index (χ3v) is 3.76. The molecular formula is C18H11F4N3O2. The number of benzene rings is 2. The SMILES string of the molecule is O=[N+]([O-])c1ccc(-c2cc(CF)nc(-c3ccc(C(F)(F)F)cc3)n2)cc1. The molecule has 2 aromatic carbocycles. The number of rotatable bonds is 4. The van der Waals surface area contributed by atoms with Crippen LogP contribution in [-0.4, -0.2) is 14.9 Å². The number of aromatic nitrogens is 2. The zero-order valence-corrected chi connectivity index (χ0v) is 13.6. The largest absolute Gasteiger partial charge is 0.416 e. The molecule has 3 aromatic rings. The Kier molecular flexibility index (Phi) is 4.85. The molecule has 0 atom stereocenters. The second-order valence-corrected chi connectivity index (χ2v) is 5.58. The molecule has 3 rings (SSSR count). The first-order chi connectivity index (χ1) is 12.8. The fourth-order valence-corrected chi connectivity index (χ4v) is 2.41. The number of nitro groups is 1. The van der Waals surface area contributed by atoms with Crippen molar-refractivity contribution in [2.75, 3.05) is 0 Å². The Bertz CT molecular complexity index is 971. The molecule has 0 unspecified atom stereocenters. The highest BCUT2D eigenvalue weighted by molar-refractivity contribution is 5.65. The van der Waals surface area contributed by atoms with Gasteiger partial charge in [0.15, 0.2) is 5.82 Å². The van der Waals surface area contributed by atoms with Crippen molar-refractivity contribution < 1.29 is 22.5 Å². The molecule has 0 radical (unpaired) electrons. The molecule has 9 heteroatoms. The van der Waals surface area contributed by atoms with Crippen LogP contribution >= 0.6 is 0 Å². The second kappa shape index (κ2) is 7.10. The molecule has 27 heavy (non-hydrogen) atoms. The summed E-state index contributed by atoms with van der Waals surface area (Å²) in [5.41, 5.74) is 0.216. The van der Waals surface area contributed by atoms with Crippen LogP contribution in [0.25, 0.3) is 22.6 Å². The minimum Gasteiger partial charge on any atom is -0.258 e. The lowest BCUT2D eigenvalue weighted by molar-refractivity contribution is -0.384. The van der Waals surface area contributed by atoms with Crippen LogP contribution in [0.4, 0.5) is 23.2 Å². The van der Waals surface area contributed by atoms with Crippen LogP contribution in [0, 0.1) is 10.1 Å². The lowest BCUT2D eigenvalue weighted by Gasteiger charge is -2.09. The smallest absolute Gasteiger partial charge is 0.258 e. The molecule has 0 N–H and O–H groups in total. The Hall–Kier alpha value is -3.36. The third kappa shape index (κ3) is 4.08. The Morgan fingerprint density at radius 3 is 2.04 bits per heavy atom. The van der Waals surface area contributed by atoms with Crippen LogP contribution in [0.1, 0.15) is 11.3 Å². The fraction of sp³-hybridized carbons (Fsp3) is 0.111. The van der Waals surface area contributed by atoms with Crippen LogP contribution < -0.4 is 0 Å². The van der Waals surface area contributed by atoms with Gasteiger partial charge in [-0.1, -0.05) is 12.1 Å². The molecule has 1 heterocycles. The summed E-state index contributed by atoms with van der Waals surface area (Å²) in [6.07, 6.45) is -4.47. The van der Waals surface area contributed by atoms with E-state index in [1.165, 1.54) is 42.5 Å². The number of halogens is 4. The van der Waals surface area contributed by atoms with Crippen molar-refractivity contribution in [3.05, 3.63) is 76.0 Å². The molecule has 0 aliphatic heterocycles. The summed E-state index contributed by atoms with van der Waals surface area (Å²) in [4.78, 5) is 18.5. The number of nitrogens with zero attached hydrogens (tertiary/aromatic N) is 3. The maximum absolute atomic E-state index is 13.2. The minimum absolute atomic E-state index is 0.0493. The predicted octanol–water partition coefficient (Wildman–Crippen LogP) is 5.21. The minimum atomic E-state index is -4.47. The van der Waals surface area contributed by atoms with E-state index in [9.17, 15) is 27.7 Å². The van der Waals surface area contributed by atoms with Crippen LogP contribution in [-0.2, 0) is 12.9 Å². The van der Waals surface area contributed by atoms with Crippen molar-refractivity contribution in [3.63, 3.8) is 0 Å². The number of alkyl halides is 4. The Labute approximate surface area is 150 Å². The summed E-state index contributed by atoms with van der Waals surface area (Å²) >= 11 is 0. The van der Waals surface area contributed by atoms with Gasteiger partial charge in [0, 0.05) is 23.3 Å². The van der Waals surface area contributed by atoms with Gasteiger partial charge >= 0.3 is 6.18 Å². The molecule has 0 saturated carbocycles. The summed E-state index contributed by atoms with van der Waals surface area (Å²) in [6.45, 7) is -0.893. The van der Waals surface area contributed by atoms with E-state index < -0.39 is 23.3 Å². The van der Waals surface area contributed by atoms with E-state index in [1.807, 2.05) is 0 Å². The summed E-state index contributed by atoms with van der Waals surface area (Å²) in [7, 11) is 0. The van der Waals surface area contributed by atoms with Gasteiger partial charge in [0.2, 0.25) is 0 Å². The summed E-state index contributed by atoms with van der Waals surface area (Å²) < 4.78 is 51.2. The van der Waals surface area contributed by atoms with Gasteiger partial charge in [-0.3, -0.25) is 10.1 Å². The standard InChI is InChI=1S/C18H11F4N3O2/c19-10-14-9-16(11-3-7-15(8-4-11)25(26)27)24-17(23-14)12-1-5-13(6-2-12)18(20,21)22/h1-9H,10H2. The Morgan fingerprint density at radius 2 is 1.52 bits per heavy atom. The summed E-state index contributed by atoms with van der Waals surface area (Å²) in [6, 6.07) is 11.1. The van der Waals surface area contributed by atoms with Gasteiger partial charge in [0.25, 0.3) is 5.69 Å². The number of hydrogen-bond donors (Lipinski definition) is 0. The lowest BCUT2D eigenvalue weighted by Crippen LogP contribution is -2.04. The van der Waals surface area contributed by atoms with Crippen LogP contribution in [0.15, 0.2) is 54.6 Å². The van der Waals surface area contributed by atoms with Crippen molar-refractivity contribution in [3.8, 4) is 22.6 Å². The first kappa shape index (κ1) is 18.4. The average Bonchev–Trinajstić information content (AvgIpc) is 2.67. The van der Waals surface area contributed by atoms with E-state index in [0.29, 0.717) is 16.8 Å². The normalized spacial score (nSPS) is 11.4. The molecule has 5 nitrogen and oxygen atoms in total. The molecule has 0 fully saturated rings. The molecule has 1 aromatic heterocycles. The van der Waals surface area contributed by atoms with Gasteiger partial charge in [-0.2, -0.15) is 13.2 Å². The Balaban J connectivity index is 2.02. The maximum Gasteiger partial charge on any atom is 0.416 e. The zero-order chi connectivity index (χ0) is 19.6. The van der Waals surface area contributed by atoms with Crippen molar-refractivity contribution in [1.82, 2.24) is 9.97 Å². The molecular weight excluding hydrogens is 366 g/mol. The quantitative estimate of drug-likeness (QED) is 0.356. The Morgan fingerprint density at radius 1 is 0.926 bits per heavy atom. The highest BCUT2D eigenvalue weighted by atomic mass is 19.4. The van der Waals surface area contributed by atoms with Gasteiger partial charge in [0.1, 0.15) is 6.67 Å². The molecule has 0 saturated heterocycles. The van der Waals surface area contributed by atoms with Crippen molar-refractivity contribution in [2.45, 2.75) is 12.9 Å². The highest BCUT2D eigenvalue weighted by Crippen LogP contribution is 2.31. The van der Waals surface area contributed by atoms with Gasteiger partial charge < -0.3 is 0 Å².